The van der Waals surface area contributed by atoms with Gasteiger partial charge in [0.05, 0.1) is 0 Å². The van der Waals surface area contributed by atoms with E-state index < -0.39 is 0 Å². The molecule has 0 saturated carbocycles. The van der Waals surface area contributed by atoms with Gasteiger partial charge in [-0.15, -0.1) is 0 Å². The zero-order valence-corrected chi connectivity index (χ0v) is 14.6. The van der Waals surface area contributed by atoms with Crippen LogP contribution in [0.4, 0.5) is 10.1 Å². The van der Waals surface area contributed by atoms with E-state index in [1.165, 1.54) is 13.0 Å². The third kappa shape index (κ3) is 5.71. The molecule has 0 aliphatic heterocycles. The fourth-order valence-electron chi connectivity index (χ4n) is 2.53. The second kappa shape index (κ2) is 8.97. The molecule has 0 aromatic heterocycles. The van der Waals surface area contributed by atoms with Gasteiger partial charge in [0.2, 0.25) is 11.8 Å². The number of anilines is 1. The summed E-state index contributed by atoms with van der Waals surface area (Å²) in [6.07, 6.45) is 0.636. The molecule has 0 saturated heterocycles. The molecule has 2 amide bonds. The van der Waals surface area contributed by atoms with Gasteiger partial charge in [-0.3, -0.25) is 9.59 Å². The minimum atomic E-state index is -0.265. The van der Waals surface area contributed by atoms with E-state index in [1.807, 2.05) is 31.2 Å². The molecule has 0 unspecified atom stereocenters. The number of nitrogens with zero attached hydrogens (tertiary/aromatic N) is 1. The smallest absolute Gasteiger partial charge is 0.223 e. The van der Waals surface area contributed by atoms with Crippen LogP contribution in [0.3, 0.4) is 0 Å². The van der Waals surface area contributed by atoms with Gasteiger partial charge < -0.3 is 10.2 Å². The van der Waals surface area contributed by atoms with E-state index in [0.29, 0.717) is 25.1 Å². The first kappa shape index (κ1) is 18.6. The van der Waals surface area contributed by atoms with Crippen LogP contribution in [0.5, 0.6) is 0 Å². The normalized spacial score (nSPS) is 10.4. The molecule has 25 heavy (non-hydrogen) atoms. The van der Waals surface area contributed by atoms with Crippen molar-refractivity contribution >= 4 is 17.5 Å². The molecule has 0 aliphatic rings. The van der Waals surface area contributed by atoms with Gasteiger partial charge in [-0.2, -0.15) is 0 Å². The summed E-state index contributed by atoms with van der Waals surface area (Å²) in [5.41, 5.74) is 2.46. The second-order valence-electron chi connectivity index (χ2n) is 5.95. The van der Waals surface area contributed by atoms with E-state index in [-0.39, 0.29) is 24.1 Å². The fraction of sp³-hybridized carbons (Fsp3) is 0.300. The summed E-state index contributed by atoms with van der Waals surface area (Å²) in [6, 6.07) is 14.1. The zero-order valence-electron chi connectivity index (χ0n) is 14.6. The highest BCUT2D eigenvalue weighted by Crippen LogP contribution is 2.15. The second-order valence-corrected chi connectivity index (χ2v) is 5.95. The van der Waals surface area contributed by atoms with Crippen LogP contribution in [0.25, 0.3) is 0 Å². The number of hydrogen-bond acceptors (Lipinski definition) is 2. The first-order chi connectivity index (χ1) is 12.0. The Morgan fingerprint density at radius 1 is 1.08 bits per heavy atom. The third-order valence-corrected chi connectivity index (χ3v) is 3.96. The van der Waals surface area contributed by atoms with Gasteiger partial charge in [0, 0.05) is 32.1 Å². The molecule has 0 radical (unpaired) electrons. The van der Waals surface area contributed by atoms with Gasteiger partial charge in [-0.25, -0.2) is 4.39 Å². The first-order valence-corrected chi connectivity index (χ1v) is 8.32. The molecule has 2 rings (SSSR count). The van der Waals surface area contributed by atoms with Crippen molar-refractivity contribution in [1.29, 1.82) is 0 Å². The van der Waals surface area contributed by atoms with Crippen molar-refractivity contribution in [1.82, 2.24) is 5.32 Å². The molecule has 5 heteroatoms. The van der Waals surface area contributed by atoms with Crippen molar-refractivity contribution in [2.45, 2.75) is 26.7 Å². The lowest BCUT2D eigenvalue weighted by Crippen LogP contribution is -2.34. The topological polar surface area (TPSA) is 49.4 Å². The quantitative estimate of drug-likeness (QED) is 0.840. The minimum Gasteiger partial charge on any atom is -0.356 e. The molecule has 1 N–H and O–H groups in total. The summed E-state index contributed by atoms with van der Waals surface area (Å²) >= 11 is 0. The predicted molar refractivity (Wildman–Crippen MR) is 96.9 cm³/mol. The van der Waals surface area contributed by atoms with Crippen molar-refractivity contribution < 1.29 is 14.0 Å². The molecule has 0 bridgehead atoms. The lowest BCUT2D eigenvalue weighted by atomic mass is 10.1. The van der Waals surface area contributed by atoms with E-state index >= 15 is 0 Å². The summed E-state index contributed by atoms with van der Waals surface area (Å²) in [5.74, 6) is -0.531. The molecule has 132 valence electrons. The largest absolute Gasteiger partial charge is 0.356 e. The van der Waals surface area contributed by atoms with Gasteiger partial charge in [0.1, 0.15) is 5.82 Å². The van der Waals surface area contributed by atoms with Crippen LogP contribution in [0.1, 0.15) is 24.5 Å². The van der Waals surface area contributed by atoms with E-state index in [0.717, 1.165) is 11.3 Å². The van der Waals surface area contributed by atoms with Crippen LogP contribution in [-0.4, -0.2) is 24.9 Å². The van der Waals surface area contributed by atoms with E-state index in [2.05, 4.69) is 5.32 Å². The average molecular weight is 342 g/mol. The maximum Gasteiger partial charge on any atom is 0.223 e. The summed E-state index contributed by atoms with van der Waals surface area (Å²) in [4.78, 5) is 25.4. The lowest BCUT2D eigenvalue weighted by Gasteiger charge is -2.21. The zero-order chi connectivity index (χ0) is 18.2. The summed E-state index contributed by atoms with van der Waals surface area (Å²) in [6.45, 7) is 4.13. The molecule has 0 spiro atoms. The van der Waals surface area contributed by atoms with E-state index in [4.69, 9.17) is 0 Å². The number of nitrogens with one attached hydrogen (secondary N) is 1. The molecular formula is C20H23FN2O2. The highest BCUT2D eigenvalue weighted by atomic mass is 19.1. The predicted octanol–water partition coefficient (Wildman–Crippen LogP) is 3.24. The molecular weight excluding hydrogens is 319 g/mol. The number of halogens is 1. The van der Waals surface area contributed by atoms with Crippen molar-refractivity contribution in [3.63, 3.8) is 0 Å². The summed E-state index contributed by atoms with van der Waals surface area (Å²) in [7, 11) is 0. The maximum absolute atomic E-state index is 13.5. The highest BCUT2D eigenvalue weighted by molar-refractivity contribution is 5.92. The van der Waals surface area contributed by atoms with Crippen molar-refractivity contribution in [2.75, 3.05) is 18.0 Å². The monoisotopic (exact) mass is 342 g/mol. The van der Waals surface area contributed by atoms with Gasteiger partial charge in [0.15, 0.2) is 0 Å². The minimum absolute atomic E-state index is 0.108. The SMILES string of the molecule is CC(=O)N(CCC(=O)NCCc1ccccc1F)c1ccc(C)cc1. The Hall–Kier alpha value is -2.69. The third-order valence-electron chi connectivity index (χ3n) is 3.96. The number of rotatable bonds is 7. The molecule has 0 heterocycles. The van der Waals surface area contributed by atoms with Crippen LogP contribution in [0.2, 0.25) is 0 Å². The summed E-state index contributed by atoms with van der Waals surface area (Å²) in [5, 5.41) is 2.77. The Morgan fingerprint density at radius 3 is 2.40 bits per heavy atom. The van der Waals surface area contributed by atoms with Crippen LogP contribution < -0.4 is 10.2 Å². The Labute approximate surface area is 147 Å². The summed E-state index contributed by atoms with van der Waals surface area (Å²) < 4.78 is 13.5. The van der Waals surface area contributed by atoms with Crippen molar-refractivity contribution in [3.05, 3.63) is 65.5 Å². The highest BCUT2D eigenvalue weighted by Gasteiger charge is 2.13. The first-order valence-electron chi connectivity index (χ1n) is 8.32. The van der Waals surface area contributed by atoms with Gasteiger partial charge in [-0.05, 0) is 37.1 Å². The lowest BCUT2D eigenvalue weighted by molar-refractivity contribution is -0.121. The standard InChI is InChI=1S/C20H23FN2O2/c1-15-7-9-18(10-8-15)23(16(2)24)14-12-20(25)22-13-11-17-5-3-4-6-19(17)21/h3-10H,11-14H2,1-2H3,(H,22,25). The van der Waals surface area contributed by atoms with Crippen molar-refractivity contribution in [3.8, 4) is 0 Å². The number of aryl methyl sites for hydroxylation is 1. The van der Waals surface area contributed by atoms with Crippen LogP contribution >= 0.6 is 0 Å². The molecule has 0 fully saturated rings. The molecule has 0 aliphatic carbocycles. The molecule has 4 nitrogen and oxygen atoms in total. The van der Waals surface area contributed by atoms with Crippen LogP contribution in [-0.2, 0) is 16.0 Å². The number of carbonyl (C=O) groups is 2. The molecule has 2 aromatic rings. The van der Waals surface area contributed by atoms with Gasteiger partial charge in [-0.1, -0.05) is 35.9 Å². The Balaban J connectivity index is 1.82. The van der Waals surface area contributed by atoms with Crippen LogP contribution in [0.15, 0.2) is 48.5 Å². The molecule has 0 atom stereocenters. The number of hydrogen-bond donors (Lipinski definition) is 1. The Kier molecular flexibility index (Phi) is 6.69. The fourth-order valence-corrected chi connectivity index (χ4v) is 2.53. The maximum atomic E-state index is 13.5. The number of amides is 2. The number of carbonyl (C=O) groups excluding carboxylic acids is 2. The van der Waals surface area contributed by atoms with E-state index in [9.17, 15) is 14.0 Å². The number of benzene rings is 2. The van der Waals surface area contributed by atoms with Crippen molar-refractivity contribution in [2.24, 2.45) is 0 Å². The Bertz CT molecular complexity index is 729. The van der Waals surface area contributed by atoms with Crippen LogP contribution in [0, 0.1) is 12.7 Å². The van der Waals surface area contributed by atoms with Gasteiger partial charge in [0.25, 0.3) is 0 Å². The molecule has 2 aromatic carbocycles. The average Bonchev–Trinajstić information content (AvgIpc) is 2.58. The van der Waals surface area contributed by atoms with E-state index in [1.54, 1.807) is 23.1 Å². The Morgan fingerprint density at radius 2 is 1.76 bits per heavy atom. The van der Waals surface area contributed by atoms with Gasteiger partial charge >= 0.3 is 0 Å².